The highest BCUT2D eigenvalue weighted by Gasteiger charge is 2.19. The van der Waals surface area contributed by atoms with Crippen LogP contribution in [-0.2, 0) is 0 Å². The van der Waals surface area contributed by atoms with E-state index in [-0.39, 0.29) is 21.7 Å². The van der Waals surface area contributed by atoms with Gasteiger partial charge < -0.3 is 5.73 Å². The van der Waals surface area contributed by atoms with Crippen LogP contribution in [0.15, 0.2) is 41.2 Å². The monoisotopic (exact) mass is 342 g/mol. The fourth-order valence-corrected chi connectivity index (χ4v) is 2.74. The Balaban J connectivity index is 2.49. The standard InChI is InChI=1S/C17H12ClFN4O/c1-9(21)16-22-15-13(19)6-5-12(18)14(15)17(24)23(16)11-4-2-3-10(7-11)8-20/h2-7,9H,21H2,1H3. The maximum atomic E-state index is 14.1. The van der Waals surface area contributed by atoms with Gasteiger partial charge in [-0.15, -0.1) is 0 Å². The number of nitrogens with two attached hydrogens (primary N) is 1. The summed E-state index contributed by atoms with van der Waals surface area (Å²) in [6.07, 6.45) is 0. The van der Waals surface area contributed by atoms with Gasteiger partial charge in [-0.25, -0.2) is 9.37 Å². The zero-order valence-corrected chi connectivity index (χ0v) is 13.4. The lowest BCUT2D eigenvalue weighted by Gasteiger charge is -2.16. The molecule has 1 aromatic heterocycles. The van der Waals surface area contributed by atoms with Crippen LogP contribution in [0.1, 0.15) is 24.4 Å². The van der Waals surface area contributed by atoms with Gasteiger partial charge >= 0.3 is 0 Å². The summed E-state index contributed by atoms with van der Waals surface area (Å²) < 4.78 is 15.4. The number of benzene rings is 2. The van der Waals surface area contributed by atoms with E-state index in [4.69, 9.17) is 22.6 Å². The Morgan fingerprint density at radius 2 is 2.12 bits per heavy atom. The van der Waals surface area contributed by atoms with Gasteiger partial charge in [-0.1, -0.05) is 17.7 Å². The van der Waals surface area contributed by atoms with Crippen molar-refractivity contribution < 1.29 is 4.39 Å². The quantitative estimate of drug-likeness (QED) is 0.775. The van der Waals surface area contributed by atoms with E-state index in [1.165, 1.54) is 16.7 Å². The molecule has 24 heavy (non-hydrogen) atoms. The van der Waals surface area contributed by atoms with Gasteiger partial charge in [-0.2, -0.15) is 5.26 Å². The second-order valence-electron chi connectivity index (χ2n) is 5.31. The highest BCUT2D eigenvalue weighted by molar-refractivity contribution is 6.35. The van der Waals surface area contributed by atoms with E-state index >= 15 is 0 Å². The van der Waals surface area contributed by atoms with Crippen molar-refractivity contribution in [2.75, 3.05) is 0 Å². The van der Waals surface area contributed by atoms with Gasteiger partial charge in [-0.3, -0.25) is 9.36 Å². The summed E-state index contributed by atoms with van der Waals surface area (Å²) in [7, 11) is 0. The molecule has 0 saturated carbocycles. The Morgan fingerprint density at radius 3 is 2.79 bits per heavy atom. The third-order valence-electron chi connectivity index (χ3n) is 3.59. The van der Waals surface area contributed by atoms with E-state index in [1.54, 1.807) is 25.1 Å². The number of hydrogen-bond donors (Lipinski definition) is 1. The van der Waals surface area contributed by atoms with Gasteiger partial charge in [0.25, 0.3) is 5.56 Å². The number of hydrogen-bond acceptors (Lipinski definition) is 4. The topological polar surface area (TPSA) is 84.7 Å². The largest absolute Gasteiger partial charge is 0.322 e. The van der Waals surface area contributed by atoms with Crippen LogP contribution < -0.4 is 11.3 Å². The summed E-state index contributed by atoms with van der Waals surface area (Å²) in [4.78, 5) is 17.2. The van der Waals surface area contributed by atoms with E-state index in [2.05, 4.69) is 4.98 Å². The van der Waals surface area contributed by atoms with Crippen LogP contribution in [0.3, 0.4) is 0 Å². The van der Waals surface area contributed by atoms with Crippen molar-refractivity contribution in [3.05, 3.63) is 69.0 Å². The number of nitriles is 1. The van der Waals surface area contributed by atoms with Crippen molar-refractivity contribution in [3.63, 3.8) is 0 Å². The number of aromatic nitrogens is 2. The molecule has 0 spiro atoms. The predicted octanol–water partition coefficient (Wildman–Crippen LogP) is 3.07. The first-order chi connectivity index (χ1) is 11.4. The molecular weight excluding hydrogens is 331 g/mol. The van der Waals surface area contributed by atoms with E-state index in [1.807, 2.05) is 6.07 Å². The lowest BCUT2D eigenvalue weighted by atomic mass is 10.1. The Morgan fingerprint density at radius 1 is 1.38 bits per heavy atom. The summed E-state index contributed by atoms with van der Waals surface area (Å²) in [5.74, 6) is -0.463. The van der Waals surface area contributed by atoms with E-state index in [9.17, 15) is 9.18 Å². The Bertz CT molecular complexity index is 1050. The minimum Gasteiger partial charge on any atom is -0.322 e. The molecule has 0 bridgehead atoms. The fraction of sp³-hybridized carbons (Fsp3) is 0.118. The number of nitrogens with zero attached hydrogens (tertiary/aromatic N) is 3. The second-order valence-corrected chi connectivity index (χ2v) is 5.72. The Labute approximate surface area is 141 Å². The van der Waals surface area contributed by atoms with Crippen LogP contribution in [-0.4, -0.2) is 9.55 Å². The van der Waals surface area contributed by atoms with Crippen molar-refractivity contribution in [2.45, 2.75) is 13.0 Å². The van der Waals surface area contributed by atoms with E-state index in [0.29, 0.717) is 11.3 Å². The number of rotatable bonds is 2. The minimum absolute atomic E-state index is 0.0246. The van der Waals surface area contributed by atoms with E-state index in [0.717, 1.165) is 6.07 Å². The highest BCUT2D eigenvalue weighted by Crippen LogP contribution is 2.24. The molecule has 2 aromatic carbocycles. The average Bonchev–Trinajstić information content (AvgIpc) is 2.57. The second kappa shape index (κ2) is 6.04. The molecule has 0 aliphatic heterocycles. The van der Waals surface area contributed by atoms with Gasteiger partial charge in [0.05, 0.1) is 33.8 Å². The predicted molar refractivity (Wildman–Crippen MR) is 89.6 cm³/mol. The van der Waals surface area contributed by atoms with Crippen molar-refractivity contribution >= 4 is 22.5 Å². The first-order valence-electron chi connectivity index (χ1n) is 7.11. The molecule has 3 aromatic rings. The molecule has 0 aliphatic carbocycles. The van der Waals surface area contributed by atoms with Crippen LogP contribution in [0.25, 0.3) is 16.6 Å². The highest BCUT2D eigenvalue weighted by atomic mass is 35.5. The van der Waals surface area contributed by atoms with Crippen LogP contribution in [0.4, 0.5) is 4.39 Å². The summed E-state index contributed by atoms with van der Waals surface area (Å²) in [5, 5.41) is 9.14. The molecule has 0 fully saturated rings. The van der Waals surface area contributed by atoms with Crippen LogP contribution in [0.2, 0.25) is 5.02 Å². The number of fused-ring (bicyclic) bond motifs is 1. The molecule has 3 rings (SSSR count). The number of halogens is 2. The van der Waals surface area contributed by atoms with Gasteiger partial charge in [0.2, 0.25) is 0 Å². The molecule has 120 valence electrons. The molecule has 2 N–H and O–H groups in total. The third-order valence-corrected chi connectivity index (χ3v) is 3.91. The molecule has 7 heteroatoms. The van der Waals surface area contributed by atoms with Crippen molar-refractivity contribution in [3.8, 4) is 11.8 Å². The maximum absolute atomic E-state index is 14.1. The van der Waals surface area contributed by atoms with Crippen LogP contribution in [0.5, 0.6) is 0 Å². The maximum Gasteiger partial charge on any atom is 0.267 e. The molecule has 0 aliphatic rings. The Kier molecular flexibility index (Phi) is 4.06. The van der Waals surface area contributed by atoms with Crippen molar-refractivity contribution in [1.82, 2.24) is 9.55 Å². The molecule has 0 saturated heterocycles. The van der Waals surface area contributed by atoms with Crippen LogP contribution >= 0.6 is 11.6 Å². The summed E-state index contributed by atoms with van der Waals surface area (Å²) in [5.41, 5.74) is 6.07. The van der Waals surface area contributed by atoms with Crippen molar-refractivity contribution in [2.24, 2.45) is 5.73 Å². The normalized spacial score (nSPS) is 12.1. The van der Waals surface area contributed by atoms with Crippen molar-refractivity contribution in [1.29, 1.82) is 5.26 Å². The smallest absolute Gasteiger partial charge is 0.267 e. The molecule has 1 unspecified atom stereocenters. The third kappa shape index (κ3) is 2.54. The lowest BCUT2D eigenvalue weighted by molar-refractivity contribution is 0.630. The van der Waals surface area contributed by atoms with Gasteiger partial charge in [0, 0.05) is 0 Å². The summed E-state index contributed by atoms with van der Waals surface area (Å²) >= 11 is 6.08. The molecule has 1 heterocycles. The molecule has 0 radical (unpaired) electrons. The molecular formula is C17H12ClFN4O. The average molecular weight is 343 g/mol. The Hall–Kier alpha value is -2.75. The molecule has 0 amide bonds. The SMILES string of the molecule is CC(N)c1nc2c(F)ccc(Cl)c2c(=O)n1-c1cccc(C#N)c1. The fourth-order valence-electron chi connectivity index (χ4n) is 2.50. The zero-order valence-electron chi connectivity index (χ0n) is 12.6. The zero-order chi connectivity index (χ0) is 17.4. The van der Waals surface area contributed by atoms with E-state index < -0.39 is 17.4 Å². The van der Waals surface area contributed by atoms with Crippen LogP contribution in [0, 0.1) is 17.1 Å². The lowest BCUT2D eigenvalue weighted by Crippen LogP contribution is -2.28. The molecule has 5 nitrogen and oxygen atoms in total. The van der Waals surface area contributed by atoms with Gasteiger partial charge in [-0.05, 0) is 37.3 Å². The first-order valence-corrected chi connectivity index (χ1v) is 7.48. The minimum atomic E-state index is -0.647. The summed E-state index contributed by atoms with van der Waals surface area (Å²) in [6, 6.07) is 10.3. The first kappa shape index (κ1) is 16.1. The van der Waals surface area contributed by atoms with Gasteiger partial charge in [0.1, 0.15) is 17.2 Å². The molecule has 1 atom stereocenters. The summed E-state index contributed by atoms with van der Waals surface area (Å²) in [6.45, 7) is 1.64. The van der Waals surface area contributed by atoms with Gasteiger partial charge in [0.15, 0.2) is 0 Å².